The molecule has 46 heavy (non-hydrogen) atoms. The molecule has 0 aromatic carbocycles. The lowest BCUT2D eigenvalue weighted by molar-refractivity contribution is 0.381. The van der Waals surface area contributed by atoms with Crippen LogP contribution in [0.15, 0.2) is 24.3 Å². The van der Waals surface area contributed by atoms with Crippen LogP contribution in [0.25, 0.3) is 0 Å². The zero-order valence-corrected chi connectivity index (χ0v) is 35.8. The molecule has 0 heterocycles. The molecule has 6 heteroatoms. The van der Waals surface area contributed by atoms with Crippen LogP contribution in [-0.2, 0) is 4.57 Å². The van der Waals surface area contributed by atoms with E-state index >= 15 is 0 Å². The number of unbranched alkanes of at least 4 members (excludes halogenated alkanes) is 24. The lowest BCUT2D eigenvalue weighted by Gasteiger charge is -2.21. The Morgan fingerprint density at radius 1 is 0.478 bits per heavy atom. The van der Waals surface area contributed by atoms with Gasteiger partial charge in [0.1, 0.15) is 0 Å². The van der Waals surface area contributed by atoms with Gasteiger partial charge in [0.15, 0.2) is 0 Å². The smallest absolute Gasteiger partial charge is 0.322 e. The van der Waals surface area contributed by atoms with Crippen molar-refractivity contribution in [1.29, 1.82) is 0 Å². The fraction of sp³-hybridized carbons (Fsp3) is 0.900. The molecule has 0 fully saturated rings. The highest BCUT2D eigenvalue weighted by Crippen LogP contribution is 2.39. The predicted molar refractivity (Wildman–Crippen MR) is 224 cm³/mol. The first-order chi connectivity index (χ1) is 21.7. The summed E-state index contributed by atoms with van der Waals surface area (Å²) in [6.07, 6.45) is 52.5. The number of hydrogen-bond acceptors (Lipinski definition) is 1. The molecule has 0 amide bonds. The van der Waals surface area contributed by atoms with E-state index in [1.54, 1.807) is 0 Å². The molecule has 0 radical (unpaired) electrons. The molecule has 0 unspecified atom stereocenters. The van der Waals surface area contributed by atoms with Crippen LogP contribution in [0.1, 0.15) is 206 Å². The highest BCUT2D eigenvalue weighted by molar-refractivity contribution is 14.0. The molecular weight excluding hydrogens is 717 g/mol. The molecule has 0 spiro atoms. The second kappa shape index (κ2) is 42.0. The SMILES string of the molecule is CCCCCCCC/C=C\CCCCCCCCC(CCCCCCCC/C=C\CCCCCCCC)P(C)C.CP(=O)(O)O.I. The van der Waals surface area contributed by atoms with Crippen molar-refractivity contribution in [3.8, 4) is 0 Å². The van der Waals surface area contributed by atoms with E-state index in [-0.39, 0.29) is 31.9 Å². The molecule has 0 rings (SSSR count). The van der Waals surface area contributed by atoms with Gasteiger partial charge in [-0.3, -0.25) is 4.57 Å². The summed E-state index contributed by atoms with van der Waals surface area (Å²) in [4.78, 5) is 15.3. The third-order valence-electron chi connectivity index (χ3n) is 8.83. The maximum atomic E-state index is 9.33. The van der Waals surface area contributed by atoms with Crippen molar-refractivity contribution in [1.82, 2.24) is 0 Å². The molecule has 2 N–H and O–H groups in total. The second-order valence-electron chi connectivity index (χ2n) is 13.9. The Morgan fingerprint density at radius 2 is 0.696 bits per heavy atom. The van der Waals surface area contributed by atoms with Crippen molar-refractivity contribution >= 4 is 39.5 Å². The summed E-state index contributed by atoms with van der Waals surface area (Å²) >= 11 is 0. The predicted octanol–water partition coefficient (Wildman–Crippen LogP) is 15.4. The van der Waals surface area contributed by atoms with Gasteiger partial charge in [-0.05, 0) is 83.2 Å². The van der Waals surface area contributed by atoms with Crippen LogP contribution in [0.4, 0.5) is 0 Å². The van der Waals surface area contributed by atoms with Gasteiger partial charge in [-0.1, -0.05) is 167 Å². The van der Waals surface area contributed by atoms with Crippen LogP contribution in [0, 0.1) is 0 Å². The summed E-state index contributed by atoms with van der Waals surface area (Å²) in [6, 6.07) is 0. The van der Waals surface area contributed by atoms with Crippen molar-refractivity contribution in [3.05, 3.63) is 24.3 Å². The molecule has 0 bridgehead atoms. The molecule has 0 aliphatic rings. The minimum Gasteiger partial charge on any atom is -0.325 e. The molecule has 0 saturated heterocycles. The van der Waals surface area contributed by atoms with E-state index in [0.29, 0.717) is 0 Å². The third-order valence-corrected chi connectivity index (χ3v) is 10.8. The molecule has 0 aromatic rings. The highest BCUT2D eigenvalue weighted by atomic mass is 127. The summed E-state index contributed by atoms with van der Waals surface area (Å²) in [7, 11) is -3.41. The van der Waals surface area contributed by atoms with Crippen molar-refractivity contribution < 1.29 is 14.4 Å². The molecule has 0 atom stereocenters. The van der Waals surface area contributed by atoms with Crippen molar-refractivity contribution in [3.63, 3.8) is 0 Å². The molecule has 0 aromatic heterocycles. The molecule has 0 aliphatic heterocycles. The van der Waals surface area contributed by atoms with Crippen LogP contribution < -0.4 is 0 Å². The van der Waals surface area contributed by atoms with Crippen LogP contribution in [-0.4, -0.2) is 35.4 Å². The second-order valence-corrected chi connectivity index (χ2v) is 18.2. The highest BCUT2D eigenvalue weighted by Gasteiger charge is 2.12. The Bertz CT molecular complexity index is 613. The topological polar surface area (TPSA) is 57.5 Å². The maximum Gasteiger partial charge on any atom is 0.322 e. The molecule has 0 saturated carbocycles. The number of halogens is 1. The van der Waals surface area contributed by atoms with Gasteiger partial charge in [0.2, 0.25) is 0 Å². The van der Waals surface area contributed by atoms with Gasteiger partial charge in [-0.2, -0.15) is 0 Å². The van der Waals surface area contributed by atoms with Gasteiger partial charge < -0.3 is 9.79 Å². The fourth-order valence-corrected chi connectivity index (χ4v) is 7.31. The summed E-state index contributed by atoms with van der Waals surface area (Å²) in [5.41, 5.74) is 1.03. The van der Waals surface area contributed by atoms with Crippen LogP contribution in [0.5, 0.6) is 0 Å². The quantitative estimate of drug-likeness (QED) is 0.0301. The minimum absolute atomic E-state index is 0. The van der Waals surface area contributed by atoms with E-state index in [9.17, 15) is 4.57 Å². The monoisotopic (exact) mass is 800 g/mol. The minimum atomic E-state index is -3.64. The van der Waals surface area contributed by atoms with E-state index in [4.69, 9.17) is 9.79 Å². The van der Waals surface area contributed by atoms with E-state index in [1.807, 2.05) is 0 Å². The summed E-state index contributed by atoms with van der Waals surface area (Å²) in [6.45, 7) is 10.5. The standard InChI is InChI=1S/C39H77P.CH5O3P.HI/c1-5-7-9-11-13-15-17-19-21-23-25-27-29-31-33-35-37-39(40(3)4)38-36-34-32-30-28-26-24-22-20-18-16-14-12-10-8-6-2;1-5(2,3)4;/h19-22,39H,5-18,23-38H2,1-4H3;1H3,(H2,2,3,4);1H/b21-19-,22-20-;;. The van der Waals surface area contributed by atoms with Gasteiger partial charge in [0.05, 0.1) is 0 Å². The van der Waals surface area contributed by atoms with E-state index in [2.05, 4.69) is 51.5 Å². The van der Waals surface area contributed by atoms with Crippen LogP contribution in [0.3, 0.4) is 0 Å². The number of rotatable bonds is 33. The molecule has 3 nitrogen and oxygen atoms in total. The fourth-order valence-electron chi connectivity index (χ4n) is 5.92. The first kappa shape index (κ1) is 51.2. The normalized spacial score (nSPS) is 11.9. The summed E-state index contributed by atoms with van der Waals surface area (Å²) in [5.74, 6) is 0. The first-order valence-corrected chi connectivity index (χ1v) is 24.1. The summed E-state index contributed by atoms with van der Waals surface area (Å²) in [5, 5.41) is 0. The summed E-state index contributed by atoms with van der Waals surface area (Å²) < 4.78 is 9.33. The first-order valence-electron chi connectivity index (χ1n) is 19.7. The molecular formula is C40H83IO3P2. The van der Waals surface area contributed by atoms with Gasteiger partial charge in [0, 0.05) is 6.66 Å². The number of allylic oxidation sites excluding steroid dienone is 4. The largest absolute Gasteiger partial charge is 0.325 e. The Labute approximate surface area is 308 Å². The van der Waals surface area contributed by atoms with Crippen molar-refractivity contribution in [2.24, 2.45) is 0 Å². The average molecular weight is 801 g/mol. The molecule has 0 aliphatic carbocycles. The third kappa shape index (κ3) is 51.6. The lowest BCUT2D eigenvalue weighted by Crippen LogP contribution is -2.05. The van der Waals surface area contributed by atoms with Crippen molar-refractivity contribution in [2.45, 2.75) is 212 Å². The maximum absolute atomic E-state index is 9.33. The Kier molecular flexibility index (Phi) is 46.7. The zero-order valence-electron chi connectivity index (χ0n) is 31.7. The van der Waals surface area contributed by atoms with Crippen molar-refractivity contribution in [2.75, 3.05) is 20.0 Å². The average Bonchev–Trinajstić information content (AvgIpc) is 2.98. The van der Waals surface area contributed by atoms with Gasteiger partial charge in [0.25, 0.3) is 0 Å². The van der Waals surface area contributed by atoms with E-state index in [1.165, 1.54) is 193 Å². The van der Waals surface area contributed by atoms with E-state index in [0.717, 1.165) is 12.3 Å². The van der Waals surface area contributed by atoms with Crippen LogP contribution >= 0.6 is 39.5 Å². The van der Waals surface area contributed by atoms with Crippen LogP contribution in [0.2, 0.25) is 0 Å². The van der Waals surface area contributed by atoms with E-state index < -0.39 is 7.60 Å². The molecule has 278 valence electrons. The Morgan fingerprint density at radius 3 is 0.935 bits per heavy atom. The lowest BCUT2D eigenvalue weighted by atomic mass is 10.0. The van der Waals surface area contributed by atoms with Gasteiger partial charge >= 0.3 is 7.60 Å². The van der Waals surface area contributed by atoms with Gasteiger partial charge in [-0.25, -0.2) is 0 Å². The zero-order chi connectivity index (χ0) is 33.7. The van der Waals surface area contributed by atoms with Gasteiger partial charge in [-0.15, -0.1) is 31.9 Å². The Balaban J connectivity index is -0.00000284. The number of hydrogen-bond donors (Lipinski definition) is 2. The Hall–Kier alpha value is 0.790.